The molecule has 1 heterocycles. The SMILES string of the molecule is Cl.FC(F)COCCN1CCNCC1c1cccc(Cl)c1. The van der Waals surface area contributed by atoms with Crippen LogP contribution in [0, 0.1) is 0 Å². The van der Waals surface area contributed by atoms with Crippen molar-refractivity contribution in [2.45, 2.75) is 12.5 Å². The van der Waals surface area contributed by atoms with E-state index < -0.39 is 13.0 Å². The quantitative estimate of drug-likeness (QED) is 0.805. The lowest BCUT2D eigenvalue weighted by atomic mass is 10.0. The molecule has 1 aromatic rings. The van der Waals surface area contributed by atoms with E-state index in [1.54, 1.807) is 0 Å². The highest BCUT2D eigenvalue weighted by Gasteiger charge is 2.23. The summed E-state index contributed by atoms with van der Waals surface area (Å²) in [6.45, 7) is 3.07. The van der Waals surface area contributed by atoms with Crippen LogP contribution in [-0.4, -0.2) is 50.7 Å². The second kappa shape index (κ2) is 9.54. The number of halogens is 4. The zero-order valence-electron chi connectivity index (χ0n) is 11.6. The van der Waals surface area contributed by atoms with Crippen LogP contribution in [0.25, 0.3) is 0 Å². The molecule has 1 N–H and O–H groups in total. The van der Waals surface area contributed by atoms with Crippen molar-refractivity contribution in [2.24, 2.45) is 0 Å². The summed E-state index contributed by atoms with van der Waals surface area (Å²) in [5.41, 5.74) is 1.14. The van der Waals surface area contributed by atoms with E-state index >= 15 is 0 Å². The molecule has 21 heavy (non-hydrogen) atoms. The van der Waals surface area contributed by atoms with Gasteiger partial charge in [-0.3, -0.25) is 4.90 Å². The number of hydrogen-bond acceptors (Lipinski definition) is 3. The molecule has 1 aliphatic rings. The van der Waals surface area contributed by atoms with Gasteiger partial charge in [0.05, 0.1) is 6.61 Å². The van der Waals surface area contributed by atoms with Crippen LogP contribution in [-0.2, 0) is 4.74 Å². The van der Waals surface area contributed by atoms with Gasteiger partial charge in [0.1, 0.15) is 6.61 Å². The topological polar surface area (TPSA) is 24.5 Å². The van der Waals surface area contributed by atoms with Crippen molar-refractivity contribution < 1.29 is 13.5 Å². The summed E-state index contributed by atoms with van der Waals surface area (Å²) in [7, 11) is 0. The lowest BCUT2D eigenvalue weighted by molar-refractivity contribution is 0.00369. The van der Waals surface area contributed by atoms with Crippen molar-refractivity contribution in [3.63, 3.8) is 0 Å². The van der Waals surface area contributed by atoms with Gasteiger partial charge in [0.15, 0.2) is 0 Å². The van der Waals surface area contributed by atoms with Crippen LogP contribution in [0.3, 0.4) is 0 Å². The molecule has 1 aliphatic heterocycles. The van der Waals surface area contributed by atoms with Crippen LogP contribution in [0.1, 0.15) is 11.6 Å². The second-order valence-electron chi connectivity index (χ2n) is 4.78. The first kappa shape index (κ1) is 18.6. The maximum Gasteiger partial charge on any atom is 0.261 e. The normalized spacial score (nSPS) is 19.5. The lowest BCUT2D eigenvalue weighted by Crippen LogP contribution is -2.47. The van der Waals surface area contributed by atoms with Crippen molar-refractivity contribution in [1.82, 2.24) is 10.2 Å². The third-order valence-electron chi connectivity index (χ3n) is 3.35. The predicted octanol–water partition coefficient (Wildman–Crippen LogP) is 2.99. The molecular weight excluding hydrogens is 321 g/mol. The van der Waals surface area contributed by atoms with E-state index in [4.69, 9.17) is 16.3 Å². The van der Waals surface area contributed by atoms with Crippen LogP contribution < -0.4 is 5.32 Å². The number of ether oxygens (including phenoxy) is 1. The summed E-state index contributed by atoms with van der Waals surface area (Å²) >= 11 is 6.03. The summed E-state index contributed by atoms with van der Waals surface area (Å²) < 4.78 is 29.0. The molecule has 7 heteroatoms. The Balaban J connectivity index is 0.00000220. The summed E-state index contributed by atoms with van der Waals surface area (Å²) in [6.07, 6.45) is -2.40. The molecule has 0 bridgehead atoms. The Labute approximate surface area is 135 Å². The van der Waals surface area contributed by atoms with Crippen molar-refractivity contribution in [1.29, 1.82) is 0 Å². The van der Waals surface area contributed by atoms with Gasteiger partial charge >= 0.3 is 0 Å². The minimum atomic E-state index is -2.40. The lowest BCUT2D eigenvalue weighted by Gasteiger charge is -2.36. The molecule has 0 aromatic heterocycles. The van der Waals surface area contributed by atoms with Gasteiger partial charge in [0.25, 0.3) is 6.43 Å². The van der Waals surface area contributed by atoms with E-state index in [9.17, 15) is 8.78 Å². The van der Waals surface area contributed by atoms with Crippen LogP contribution in [0.4, 0.5) is 8.78 Å². The first-order valence-corrected chi connectivity index (χ1v) is 7.11. The summed E-state index contributed by atoms with van der Waals surface area (Å²) in [5, 5.41) is 4.06. The summed E-state index contributed by atoms with van der Waals surface area (Å²) in [4.78, 5) is 2.24. The molecule has 1 fully saturated rings. The van der Waals surface area contributed by atoms with Gasteiger partial charge in [0, 0.05) is 37.2 Å². The fraction of sp³-hybridized carbons (Fsp3) is 0.571. The van der Waals surface area contributed by atoms with Crippen molar-refractivity contribution in [3.05, 3.63) is 34.9 Å². The van der Waals surface area contributed by atoms with Gasteiger partial charge in [0.2, 0.25) is 0 Å². The molecule has 0 radical (unpaired) electrons. The highest BCUT2D eigenvalue weighted by Crippen LogP contribution is 2.24. The fourth-order valence-corrected chi connectivity index (χ4v) is 2.61. The zero-order valence-corrected chi connectivity index (χ0v) is 13.2. The number of benzene rings is 1. The molecule has 2 rings (SSSR count). The van der Waals surface area contributed by atoms with Crippen LogP contribution in [0.2, 0.25) is 5.02 Å². The zero-order chi connectivity index (χ0) is 14.4. The van der Waals surface area contributed by atoms with E-state index in [-0.39, 0.29) is 18.4 Å². The minimum absolute atomic E-state index is 0. The third-order valence-corrected chi connectivity index (χ3v) is 3.59. The predicted molar refractivity (Wildman–Crippen MR) is 82.7 cm³/mol. The number of piperazine rings is 1. The Morgan fingerprint density at radius 2 is 2.24 bits per heavy atom. The average molecular weight is 341 g/mol. The highest BCUT2D eigenvalue weighted by atomic mass is 35.5. The second-order valence-corrected chi connectivity index (χ2v) is 5.21. The van der Waals surface area contributed by atoms with Crippen molar-refractivity contribution in [3.8, 4) is 0 Å². The molecule has 3 nitrogen and oxygen atoms in total. The maximum atomic E-state index is 12.0. The number of hydrogen-bond donors (Lipinski definition) is 1. The molecule has 0 aliphatic carbocycles. The number of nitrogens with zero attached hydrogens (tertiary/aromatic N) is 1. The molecule has 1 aromatic carbocycles. The number of alkyl halides is 2. The average Bonchev–Trinajstić information content (AvgIpc) is 2.44. The maximum absolute atomic E-state index is 12.0. The number of nitrogens with one attached hydrogen (secondary N) is 1. The van der Waals surface area contributed by atoms with E-state index in [2.05, 4.69) is 10.2 Å². The number of rotatable bonds is 6. The largest absolute Gasteiger partial charge is 0.374 e. The minimum Gasteiger partial charge on any atom is -0.374 e. The fourth-order valence-electron chi connectivity index (χ4n) is 2.41. The van der Waals surface area contributed by atoms with E-state index in [0.29, 0.717) is 18.2 Å². The monoisotopic (exact) mass is 340 g/mol. The third kappa shape index (κ3) is 6.04. The molecular formula is C14H20Cl2F2N2O. The molecule has 0 saturated carbocycles. The van der Waals surface area contributed by atoms with E-state index in [1.807, 2.05) is 24.3 Å². The van der Waals surface area contributed by atoms with Crippen molar-refractivity contribution in [2.75, 3.05) is 39.4 Å². The smallest absolute Gasteiger partial charge is 0.261 e. The molecule has 1 saturated heterocycles. The molecule has 1 atom stereocenters. The van der Waals surface area contributed by atoms with Gasteiger partial charge < -0.3 is 10.1 Å². The van der Waals surface area contributed by atoms with Crippen LogP contribution in [0.5, 0.6) is 0 Å². The summed E-state index contributed by atoms with van der Waals surface area (Å²) in [6, 6.07) is 7.97. The summed E-state index contributed by atoms with van der Waals surface area (Å²) in [5.74, 6) is 0. The Morgan fingerprint density at radius 3 is 2.95 bits per heavy atom. The van der Waals surface area contributed by atoms with Crippen molar-refractivity contribution >= 4 is 24.0 Å². The van der Waals surface area contributed by atoms with Gasteiger partial charge in [-0.1, -0.05) is 23.7 Å². The van der Waals surface area contributed by atoms with E-state index in [1.165, 1.54) is 0 Å². The van der Waals surface area contributed by atoms with Gasteiger partial charge in [-0.25, -0.2) is 8.78 Å². The highest BCUT2D eigenvalue weighted by molar-refractivity contribution is 6.30. The Bertz CT molecular complexity index is 424. The van der Waals surface area contributed by atoms with Gasteiger partial charge in [-0.15, -0.1) is 12.4 Å². The Morgan fingerprint density at radius 1 is 1.43 bits per heavy atom. The Kier molecular flexibility index (Phi) is 8.44. The Hall–Kier alpha value is -0.460. The van der Waals surface area contributed by atoms with Gasteiger partial charge in [-0.2, -0.15) is 0 Å². The molecule has 0 amide bonds. The first-order chi connectivity index (χ1) is 9.66. The van der Waals surface area contributed by atoms with Crippen LogP contribution in [0.15, 0.2) is 24.3 Å². The molecule has 120 valence electrons. The molecule has 1 unspecified atom stereocenters. The van der Waals surface area contributed by atoms with Crippen LogP contribution >= 0.6 is 24.0 Å². The van der Waals surface area contributed by atoms with E-state index in [0.717, 1.165) is 25.2 Å². The first-order valence-electron chi connectivity index (χ1n) is 6.73. The molecule has 0 spiro atoms. The standard InChI is InChI=1S/C14H19ClF2N2O.ClH/c15-12-3-1-2-11(8-12)13-9-18-4-5-19(13)6-7-20-10-14(16)17;/h1-3,8,13-14,18H,4-7,9-10H2;1H. The van der Waals surface area contributed by atoms with Gasteiger partial charge in [-0.05, 0) is 17.7 Å².